The molecular weight excluding hydrogens is 350 g/mol. The summed E-state index contributed by atoms with van der Waals surface area (Å²) in [6.07, 6.45) is 7.87. The number of anilines is 1. The number of carbonyl (C=O) groups is 2. The number of hydrogen-bond donors (Lipinski definition) is 1. The van der Waals surface area contributed by atoms with Crippen molar-refractivity contribution in [2.75, 3.05) is 37.6 Å². The number of nitrogens with one attached hydrogen (secondary N) is 1. The number of rotatable bonds is 4. The van der Waals surface area contributed by atoms with E-state index in [9.17, 15) is 9.59 Å². The first-order valence-corrected chi connectivity index (χ1v) is 9.77. The summed E-state index contributed by atoms with van der Waals surface area (Å²) in [6.45, 7) is 3.03. The molecule has 140 valence electrons. The summed E-state index contributed by atoms with van der Waals surface area (Å²) in [5.74, 6) is -0.911. The van der Waals surface area contributed by atoms with Crippen LogP contribution in [0.2, 0.25) is 5.02 Å². The number of nitrogens with zero attached hydrogens (tertiary/aromatic N) is 2. The second-order valence-corrected chi connectivity index (χ2v) is 7.31. The maximum atomic E-state index is 12.3. The Kier molecular flexibility index (Phi) is 6.56. The van der Waals surface area contributed by atoms with Crippen LogP contribution in [0.3, 0.4) is 0 Å². The lowest BCUT2D eigenvalue weighted by Gasteiger charge is -2.35. The maximum Gasteiger partial charge on any atom is 0.312 e. The van der Waals surface area contributed by atoms with Crippen LogP contribution in [-0.4, -0.2) is 49.4 Å². The smallest absolute Gasteiger partial charge is 0.312 e. The number of benzene rings is 1. The van der Waals surface area contributed by atoms with Crippen molar-refractivity contribution in [3.8, 4) is 0 Å². The summed E-state index contributed by atoms with van der Waals surface area (Å²) in [5, 5.41) is 3.48. The molecule has 0 aromatic heterocycles. The minimum Gasteiger partial charge on any atom is -0.368 e. The second kappa shape index (κ2) is 9.08. The van der Waals surface area contributed by atoms with Crippen molar-refractivity contribution < 1.29 is 9.59 Å². The fourth-order valence-corrected chi connectivity index (χ4v) is 3.71. The molecular formula is C20H26ClN3O2. The molecule has 0 spiro atoms. The highest BCUT2D eigenvalue weighted by atomic mass is 35.5. The molecule has 0 saturated carbocycles. The van der Waals surface area contributed by atoms with Gasteiger partial charge < -0.3 is 15.1 Å². The van der Waals surface area contributed by atoms with Gasteiger partial charge in [0.1, 0.15) is 0 Å². The molecule has 6 heteroatoms. The van der Waals surface area contributed by atoms with Gasteiger partial charge in [-0.25, -0.2) is 0 Å². The van der Waals surface area contributed by atoms with Gasteiger partial charge in [-0.05, 0) is 50.3 Å². The van der Waals surface area contributed by atoms with Gasteiger partial charge in [-0.15, -0.1) is 0 Å². The fraction of sp³-hybridized carbons (Fsp3) is 0.500. The SMILES string of the molecule is O=C(NCCC1=CCCCC1)C(=O)N1CCN(c2cccc(Cl)c2)CC1. The van der Waals surface area contributed by atoms with Crippen LogP contribution in [0.15, 0.2) is 35.9 Å². The predicted octanol–water partition coefficient (Wildman–Crippen LogP) is 3.00. The van der Waals surface area contributed by atoms with Crippen LogP contribution in [0.4, 0.5) is 5.69 Å². The van der Waals surface area contributed by atoms with Crippen molar-refractivity contribution in [1.82, 2.24) is 10.2 Å². The third-order valence-electron chi connectivity index (χ3n) is 5.05. The highest BCUT2D eigenvalue weighted by molar-refractivity contribution is 6.35. The van der Waals surface area contributed by atoms with E-state index in [1.807, 2.05) is 24.3 Å². The zero-order valence-electron chi connectivity index (χ0n) is 15.0. The molecule has 2 amide bonds. The van der Waals surface area contributed by atoms with Gasteiger partial charge in [-0.1, -0.05) is 29.3 Å². The molecule has 0 atom stereocenters. The largest absolute Gasteiger partial charge is 0.368 e. The van der Waals surface area contributed by atoms with E-state index in [0.29, 0.717) is 37.7 Å². The van der Waals surface area contributed by atoms with Gasteiger partial charge in [0.2, 0.25) is 0 Å². The molecule has 1 heterocycles. The number of halogens is 1. The molecule has 0 unspecified atom stereocenters. The Labute approximate surface area is 160 Å². The standard InChI is InChI=1S/C20H26ClN3O2/c21-17-7-4-8-18(15-17)23-11-13-24(14-12-23)20(26)19(25)22-10-9-16-5-2-1-3-6-16/h4-5,7-8,15H,1-3,6,9-14H2,(H,22,25). The highest BCUT2D eigenvalue weighted by Crippen LogP contribution is 2.21. The van der Waals surface area contributed by atoms with E-state index in [2.05, 4.69) is 16.3 Å². The van der Waals surface area contributed by atoms with Crippen LogP contribution in [0, 0.1) is 0 Å². The molecule has 2 aliphatic rings. The highest BCUT2D eigenvalue weighted by Gasteiger charge is 2.26. The van der Waals surface area contributed by atoms with Crippen molar-refractivity contribution in [3.63, 3.8) is 0 Å². The summed E-state index contributed by atoms with van der Waals surface area (Å²) in [7, 11) is 0. The summed E-state index contributed by atoms with van der Waals surface area (Å²) in [6, 6.07) is 7.70. The molecule has 1 aromatic rings. The Morgan fingerprint density at radius 3 is 2.62 bits per heavy atom. The zero-order valence-corrected chi connectivity index (χ0v) is 15.8. The third-order valence-corrected chi connectivity index (χ3v) is 5.29. The van der Waals surface area contributed by atoms with E-state index in [4.69, 9.17) is 11.6 Å². The van der Waals surface area contributed by atoms with Gasteiger partial charge in [0.25, 0.3) is 0 Å². The fourth-order valence-electron chi connectivity index (χ4n) is 3.53. The lowest BCUT2D eigenvalue weighted by Crippen LogP contribution is -2.52. The molecule has 1 aromatic carbocycles. The monoisotopic (exact) mass is 375 g/mol. The van der Waals surface area contributed by atoms with Gasteiger partial charge >= 0.3 is 11.8 Å². The predicted molar refractivity (Wildman–Crippen MR) is 104 cm³/mol. The van der Waals surface area contributed by atoms with Crippen molar-refractivity contribution in [2.24, 2.45) is 0 Å². The van der Waals surface area contributed by atoms with Crippen LogP contribution < -0.4 is 10.2 Å². The lowest BCUT2D eigenvalue weighted by atomic mass is 9.97. The quantitative estimate of drug-likeness (QED) is 0.650. The summed E-state index contributed by atoms with van der Waals surface area (Å²) in [4.78, 5) is 28.3. The van der Waals surface area contributed by atoms with Gasteiger partial charge in [0.05, 0.1) is 0 Å². The van der Waals surface area contributed by atoms with Crippen molar-refractivity contribution in [3.05, 3.63) is 40.9 Å². The van der Waals surface area contributed by atoms with Crippen molar-refractivity contribution in [2.45, 2.75) is 32.1 Å². The maximum absolute atomic E-state index is 12.3. The molecule has 0 bridgehead atoms. The average Bonchev–Trinajstić information content (AvgIpc) is 2.68. The van der Waals surface area contributed by atoms with Crippen molar-refractivity contribution >= 4 is 29.1 Å². The van der Waals surface area contributed by atoms with Crippen LogP contribution >= 0.6 is 11.6 Å². The first-order valence-electron chi connectivity index (χ1n) is 9.39. The Balaban J connectivity index is 1.42. The summed E-state index contributed by atoms with van der Waals surface area (Å²) >= 11 is 6.04. The second-order valence-electron chi connectivity index (χ2n) is 6.87. The van der Waals surface area contributed by atoms with E-state index in [-0.39, 0.29) is 0 Å². The average molecular weight is 376 g/mol. The molecule has 1 saturated heterocycles. The summed E-state index contributed by atoms with van der Waals surface area (Å²) < 4.78 is 0. The van der Waals surface area contributed by atoms with Gasteiger partial charge in [0.15, 0.2) is 0 Å². The van der Waals surface area contributed by atoms with Gasteiger partial charge in [0, 0.05) is 43.4 Å². The molecule has 3 rings (SSSR count). The van der Waals surface area contributed by atoms with E-state index in [1.54, 1.807) is 4.90 Å². The van der Waals surface area contributed by atoms with Crippen LogP contribution in [0.25, 0.3) is 0 Å². The molecule has 26 heavy (non-hydrogen) atoms. The van der Waals surface area contributed by atoms with Crippen LogP contribution in [0.5, 0.6) is 0 Å². The first kappa shape index (κ1) is 18.8. The number of piperazine rings is 1. The zero-order chi connectivity index (χ0) is 18.4. The Morgan fingerprint density at radius 1 is 1.12 bits per heavy atom. The van der Waals surface area contributed by atoms with E-state index >= 15 is 0 Å². The number of amides is 2. The minimum absolute atomic E-state index is 0.423. The molecule has 1 aliphatic heterocycles. The molecule has 1 fully saturated rings. The molecule has 1 aliphatic carbocycles. The van der Waals surface area contributed by atoms with E-state index in [0.717, 1.165) is 24.9 Å². The number of allylic oxidation sites excluding steroid dienone is 1. The van der Waals surface area contributed by atoms with Crippen LogP contribution in [0.1, 0.15) is 32.1 Å². The van der Waals surface area contributed by atoms with Crippen molar-refractivity contribution in [1.29, 1.82) is 0 Å². The Bertz CT molecular complexity index is 681. The topological polar surface area (TPSA) is 52.7 Å². The number of carbonyl (C=O) groups excluding carboxylic acids is 2. The minimum atomic E-state index is -0.488. The molecule has 0 radical (unpaired) electrons. The van der Waals surface area contributed by atoms with E-state index < -0.39 is 11.8 Å². The third kappa shape index (κ3) is 5.01. The lowest BCUT2D eigenvalue weighted by molar-refractivity contribution is -0.146. The normalized spacial score (nSPS) is 17.7. The molecule has 5 nitrogen and oxygen atoms in total. The van der Waals surface area contributed by atoms with Gasteiger partial charge in [-0.2, -0.15) is 0 Å². The van der Waals surface area contributed by atoms with E-state index in [1.165, 1.54) is 18.4 Å². The Morgan fingerprint density at radius 2 is 1.92 bits per heavy atom. The first-order chi connectivity index (χ1) is 12.6. The number of hydrogen-bond acceptors (Lipinski definition) is 3. The van der Waals surface area contributed by atoms with Gasteiger partial charge in [-0.3, -0.25) is 9.59 Å². The Hall–Kier alpha value is -2.01. The van der Waals surface area contributed by atoms with Crippen LogP contribution in [-0.2, 0) is 9.59 Å². The summed E-state index contributed by atoms with van der Waals surface area (Å²) in [5.41, 5.74) is 2.45. The molecule has 1 N–H and O–H groups in total.